The van der Waals surface area contributed by atoms with Gasteiger partial charge >= 0.3 is 0 Å². The zero-order valence-electron chi connectivity index (χ0n) is 13.7. The summed E-state index contributed by atoms with van der Waals surface area (Å²) in [6, 6.07) is 3.76. The molecule has 0 saturated heterocycles. The van der Waals surface area contributed by atoms with Crippen LogP contribution >= 0.6 is 11.3 Å². The van der Waals surface area contributed by atoms with E-state index in [0.29, 0.717) is 16.8 Å². The van der Waals surface area contributed by atoms with Crippen LogP contribution in [0.2, 0.25) is 0 Å². The number of amides is 1. The number of thiophene rings is 1. The van der Waals surface area contributed by atoms with Crippen LogP contribution in [0.5, 0.6) is 0 Å². The molecule has 0 spiro atoms. The average molecular weight is 345 g/mol. The maximum Gasteiger partial charge on any atom is 0.262 e. The summed E-state index contributed by atoms with van der Waals surface area (Å²) in [6.45, 7) is 5.25. The SMILES string of the molecule is Cc1cc(C)n(CCCNC(=O)Cn2cnc3sccc3c2=O)n1. The van der Waals surface area contributed by atoms with Crippen molar-refractivity contribution in [1.29, 1.82) is 0 Å². The van der Waals surface area contributed by atoms with E-state index in [2.05, 4.69) is 15.4 Å². The van der Waals surface area contributed by atoms with Gasteiger partial charge in [0.2, 0.25) is 5.91 Å². The Balaban J connectivity index is 1.51. The van der Waals surface area contributed by atoms with Gasteiger partial charge in [-0.3, -0.25) is 18.8 Å². The lowest BCUT2D eigenvalue weighted by atomic mass is 10.3. The van der Waals surface area contributed by atoms with Gasteiger partial charge < -0.3 is 5.32 Å². The van der Waals surface area contributed by atoms with Crippen molar-refractivity contribution in [2.24, 2.45) is 0 Å². The molecule has 0 saturated carbocycles. The van der Waals surface area contributed by atoms with E-state index in [1.807, 2.05) is 30.0 Å². The Morgan fingerprint density at radius 1 is 1.38 bits per heavy atom. The number of fused-ring (bicyclic) bond motifs is 1. The van der Waals surface area contributed by atoms with Crippen molar-refractivity contribution in [3.05, 3.63) is 45.6 Å². The van der Waals surface area contributed by atoms with Crippen LogP contribution in [0, 0.1) is 13.8 Å². The number of carbonyl (C=O) groups is 1. The Labute approximate surface area is 142 Å². The van der Waals surface area contributed by atoms with Crippen LogP contribution in [0.25, 0.3) is 10.2 Å². The highest BCUT2D eigenvalue weighted by molar-refractivity contribution is 7.16. The maximum atomic E-state index is 12.2. The molecule has 3 rings (SSSR count). The van der Waals surface area contributed by atoms with Gasteiger partial charge in [-0.1, -0.05) is 0 Å². The lowest BCUT2D eigenvalue weighted by Gasteiger charge is -2.08. The Kier molecular flexibility index (Phi) is 4.75. The molecule has 3 aromatic rings. The molecule has 0 aliphatic carbocycles. The van der Waals surface area contributed by atoms with Gasteiger partial charge in [0.1, 0.15) is 11.4 Å². The number of hydrogen-bond acceptors (Lipinski definition) is 5. The lowest BCUT2D eigenvalue weighted by Crippen LogP contribution is -2.33. The van der Waals surface area contributed by atoms with Crippen molar-refractivity contribution >= 4 is 27.5 Å². The second-order valence-electron chi connectivity index (χ2n) is 5.67. The summed E-state index contributed by atoms with van der Waals surface area (Å²) in [7, 11) is 0. The zero-order chi connectivity index (χ0) is 17.1. The number of hydrogen-bond donors (Lipinski definition) is 1. The minimum Gasteiger partial charge on any atom is -0.354 e. The van der Waals surface area contributed by atoms with Gasteiger partial charge in [-0.05, 0) is 37.8 Å². The van der Waals surface area contributed by atoms with Crippen molar-refractivity contribution in [2.75, 3.05) is 6.54 Å². The van der Waals surface area contributed by atoms with Gasteiger partial charge in [-0.25, -0.2) is 4.98 Å². The van der Waals surface area contributed by atoms with E-state index in [1.54, 1.807) is 6.07 Å². The molecule has 0 unspecified atom stereocenters. The molecular weight excluding hydrogens is 326 g/mol. The van der Waals surface area contributed by atoms with E-state index >= 15 is 0 Å². The van der Waals surface area contributed by atoms with Crippen molar-refractivity contribution in [3.8, 4) is 0 Å². The molecule has 3 heterocycles. The second kappa shape index (κ2) is 6.96. The lowest BCUT2D eigenvalue weighted by molar-refractivity contribution is -0.121. The molecule has 3 aromatic heterocycles. The van der Waals surface area contributed by atoms with Crippen molar-refractivity contribution < 1.29 is 4.79 Å². The van der Waals surface area contributed by atoms with Crippen LogP contribution in [0.15, 0.2) is 28.6 Å². The van der Waals surface area contributed by atoms with E-state index < -0.39 is 0 Å². The van der Waals surface area contributed by atoms with E-state index in [0.717, 1.165) is 24.4 Å². The summed E-state index contributed by atoms with van der Waals surface area (Å²) in [5, 5.41) is 9.59. The number of carbonyl (C=O) groups excluding carboxylic acids is 1. The van der Waals surface area contributed by atoms with Crippen LogP contribution in [-0.2, 0) is 17.9 Å². The number of nitrogens with one attached hydrogen (secondary N) is 1. The first kappa shape index (κ1) is 16.4. The second-order valence-corrected chi connectivity index (χ2v) is 6.57. The Morgan fingerprint density at radius 3 is 2.96 bits per heavy atom. The van der Waals surface area contributed by atoms with Crippen molar-refractivity contribution in [2.45, 2.75) is 33.4 Å². The van der Waals surface area contributed by atoms with Crippen LogP contribution in [0.4, 0.5) is 0 Å². The van der Waals surface area contributed by atoms with E-state index in [4.69, 9.17) is 0 Å². The van der Waals surface area contributed by atoms with Crippen LogP contribution in [0.1, 0.15) is 17.8 Å². The van der Waals surface area contributed by atoms with Gasteiger partial charge in [-0.15, -0.1) is 11.3 Å². The monoisotopic (exact) mass is 345 g/mol. The first-order chi connectivity index (χ1) is 11.5. The summed E-state index contributed by atoms with van der Waals surface area (Å²) < 4.78 is 3.27. The summed E-state index contributed by atoms with van der Waals surface area (Å²) in [6.07, 6.45) is 2.21. The molecule has 126 valence electrons. The zero-order valence-corrected chi connectivity index (χ0v) is 14.5. The largest absolute Gasteiger partial charge is 0.354 e. The highest BCUT2D eigenvalue weighted by Gasteiger charge is 2.08. The van der Waals surface area contributed by atoms with Gasteiger partial charge in [0.25, 0.3) is 5.56 Å². The van der Waals surface area contributed by atoms with Crippen LogP contribution in [0.3, 0.4) is 0 Å². The summed E-state index contributed by atoms with van der Waals surface area (Å²) in [4.78, 5) is 29.1. The predicted octanol–water partition coefficient (Wildman–Crippen LogP) is 1.48. The van der Waals surface area contributed by atoms with Gasteiger partial charge in [0.15, 0.2) is 0 Å². The maximum absolute atomic E-state index is 12.2. The third-order valence-electron chi connectivity index (χ3n) is 3.74. The molecule has 0 radical (unpaired) electrons. The minimum atomic E-state index is -0.193. The van der Waals surface area contributed by atoms with Gasteiger partial charge in [-0.2, -0.15) is 5.10 Å². The summed E-state index contributed by atoms with van der Waals surface area (Å²) in [5.41, 5.74) is 1.92. The highest BCUT2D eigenvalue weighted by atomic mass is 32.1. The molecule has 0 aromatic carbocycles. The molecule has 0 fully saturated rings. The molecule has 24 heavy (non-hydrogen) atoms. The third-order valence-corrected chi connectivity index (χ3v) is 4.56. The smallest absolute Gasteiger partial charge is 0.262 e. The fraction of sp³-hybridized carbons (Fsp3) is 0.375. The molecule has 0 aliphatic rings. The van der Waals surface area contributed by atoms with E-state index in [-0.39, 0.29) is 18.0 Å². The Hall–Kier alpha value is -2.48. The number of nitrogens with zero attached hydrogens (tertiary/aromatic N) is 4. The van der Waals surface area contributed by atoms with Crippen molar-refractivity contribution in [1.82, 2.24) is 24.6 Å². The fourth-order valence-corrected chi connectivity index (χ4v) is 3.30. The van der Waals surface area contributed by atoms with E-state index in [1.165, 1.54) is 22.2 Å². The predicted molar refractivity (Wildman–Crippen MR) is 93.2 cm³/mol. The highest BCUT2D eigenvalue weighted by Crippen LogP contribution is 2.13. The third kappa shape index (κ3) is 3.53. The number of aryl methyl sites for hydroxylation is 3. The Morgan fingerprint density at radius 2 is 2.21 bits per heavy atom. The molecule has 0 atom stereocenters. The normalized spacial score (nSPS) is 11.1. The average Bonchev–Trinajstić information content (AvgIpc) is 3.13. The first-order valence-corrected chi connectivity index (χ1v) is 8.63. The molecule has 0 aliphatic heterocycles. The number of rotatable bonds is 6. The van der Waals surface area contributed by atoms with Gasteiger partial charge in [0, 0.05) is 18.8 Å². The first-order valence-electron chi connectivity index (χ1n) is 7.75. The molecule has 8 heteroatoms. The standard InChI is InChI=1S/C16H19N5O2S/c1-11-8-12(2)21(19-11)6-3-5-17-14(22)9-20-10-18-15-13(16(20)23)4-7-24-15/h4,7-8,10H,3,5-6,9H2,1-2H3,(H,17,22). The fourth-order valence-electron chi connectivity index (χ4n) is 2.57. The molecule has 0 bridgehead atoms. The molecular formula is C16H19N5O2S. The van der Waals surface area contributed by atoms with E-state index in [9.17, 15) is 9.59 Å². The Bertz CT molecular complexity index is 924. The summed E-state index contributed by atoms with van der Waals surface area (Å²) in [5.74, 6) is -0.193. The number of aromatic nitrogens is 4. The topological polar surface area (TPSA) is 81.8 Å². The van der Waals surface area contributed by atoms with Crippen LogP contribution in [-0.4, -0.2) is 31.8 Å². The quantitative estimate of drug-likeness (QED) is 0.686. The van der Waals surface area contributed by atoms with Gasteiger partial charge in [0.05, 0.1) is 17.4 Å². The molecule has 1 N–H and O–H groups in total. The minimum absolute atomic E-state index is 0.0163. The summed E-state index contributed by atoms with van der Waals surface area (Å²) >= 11 is 1.41. The van der Waals surface area contributed by atoms with Crippen molar-refractivity contribution in [3.63, 3.8) is 0 Å². The van der Waals surface area contributed by atoms with Crippen LogP contribution < -0.4 is 10.9 Å². The molecule has 1 amide bonds. The molecule has 7 nitrogen and oxygen atoms in total.